The number of rotatable bonds is 4. The highest BCUT2D eigenvalue weighted by Gasteiger charge is 2.34. The van der Waals surface area contributed by atoms with Crippen LogP contribution in [-0.4, -0.2) is 65.3 Å². The van der Waals surface area contributed by atoms with Gasteiger partial charge in [0.2, 0.25) is 0 Å². The zero-order chi connectivity index (χ0) is 18.9. The van der Waals surface area contributed by atoms with Crippen molar-refractivity contribution >= 4 is 6.03 Å². The lowest BCUT2D eigenvalue weighted by Crippen LogP contribution is -2.58. The van der Waals surface area contributed by atoms with E-state index in [9.17, 15) is 9.90 Å². The van der Waals surface area contributed by atoms with Gasteiger partial charge in [-0.15, -0.1) is 0 Å². The SMILES string of the molecule is CC1CN(C(=O)NCC2(C)Cc3ccccc3C2)CCN1CC(C)(C)O. The molecule has 2 N–H and O–H groups in total. The van der Waals surface area contributed by atoms with Gasteiger partial charge in [-0.1, -0.05) is 31.2 Å². The molecule has 1 aromatic rings. The van der Waals surface area contributed by atoms with Crippen LogP contribution in [0.5, 0.6) is 0 Å². The normalized spacial score (nSPS) is 23.0. The van der Waals surface area contributed by atoms with Crippen LogP contribution in [0.25, 0.3) is 0 Å². The van der Waals surface area contributed by atoms with E-state index in [1.54, 1.807) is 0 Å². The molecule has 0 bridgehead atoms. The molecule has 1 unspecified atom stereocenters. The smallest absolute Gasteiger partial charge is 0.317 e. The Morgan fingerprint density at radius 3 is 2.42 bits per heavy atom. The maximum absolute atomic E-state index is 12.7. The van der Waals surface area contributed by atoms with E-state index in [4.69, 9.17) is 0 Å². The number of amides is 2. The van der Waals surface area contributed by atoms with E-state index >= 15 is 0 Å². The molecule has 1 aromatic carbocycles. The van der Waals surface area contributed by atoms with Gasteiger partial charge in [-0.25, -0.2) is 4.79 Å². The average molecular weight is 360 g/mol. The fraction of sp³-hybridized carbons (Fsp3) is 0.667. The van der Waals surface area contributed by atoms with E-state index in [1.165, 1.54) is 11.1 Å². The first-order chi connectivity index (χ1) is 12.2. The first-order valence-electron chi connectivity index (χ1n) is 9.71. The van der Waals surface area contributed by atoms with Crippen LogP contribution < -0.4 is 5.32 Å². The topological polar surface area (TPSA) is 55.8 Å². The molecule has 144 valence electrons. The number of aliphatic hydroxyl groups is 1. The van der Waals surface area contributed by atoms with Crippen molar-refractivity contribution in [2.24, 2.45) is 5.41 Å². The van der Waals surface area contributed by atoms with Crippen LogP contribution in [0.15, 0.2) is 24.3 Å². The van der Waals surface area contributed by atoms with Gasteiger partial charge in [-0.05, 0) is 50.2 Å². The predicted octanol–water partition coefficient (Wildman–Crippen LogP) is 2.28. The van der Waals surface area contributed by atoms with Gasteiger partial charge in [0.15, 0.2) is 0 Å². The zero-order valence-electron chi connectivity index (χ0n) is 16.6. The quantitative estimate of drug-likeness (QED) is 0.867. The number of benzene rings is 1. The summed E-state index contributed by atoms with van der Waals surface area (Å²) in [7, 11) is 0. The molecular weight excluding hydrogens is 326 g/mol. The van der Waals surface area contributed by atoms with Gasteiger partial charge in [0.25, 0.3) is 0 Å². The summed E-state index contributed by atoms with van der Waals surface area (Å²) < 4.78 is 0. The van der Waals surface area contributed by atoms with Crippen molar-refractivity contribution in [1.29, 1.82) is 0 Å². The number of carbonyl (C=O) groups is 1. The summed E-state index contributed by atoms with van der Waals surface area (Å²) in [6.07, 6.45) is 2.05. The number of nitrogens with one attached hydrogen (secondary N) is 1. The third-order valence-electron chi connectivity index (χ3n) is 5.66. The summed E-state index contributed by atoms with van der Waals surface area (Å²) in [6, 6.07) is 8.89. The molecule has 26 heavy (non-hydrogen) atoms. The fourth-order valence-corrected chi connectivity index (χ4v) is 4.32. The monoisotopic (exact) mass is 359 g/mol. The second kappa shape index (κ2) is 7.20. The summed E-state index contributed by atoms with van der Waals surface area (Å²) in [5.41, 5.74) is 2.23. The van der Waals surface area contributed by atoms with Crippen molar-refractivity contribution in [3.8, 4) is 0 Å². The van der Waals surface area contributed by atoms with Crippen molar-refractivity contribution in [3.63, 3.8) is 0 Å². The van der Waals surface area contributed by atoms with Crippen LogP contribution in [0.4, 0.5) is 4.79 Å². The van der Waals surface area contributed by atoms with E-state index in [1.807, 2.05) is 18.7 Å². The van der Waals surface area contributed by atoms with Crippen LogP contribution >= 0.6 is 0 Å². The van der Waals surface area contributed by atoms with Crippen molar-refractivity contribution in [3.05, 3.63) is 35.4 Å². The highest BCUT2D eigenvalue weighted by molar-refractivity contribution is 5.74. The standard InChI is InChI=1S/C21H33N3O2/c1-16-13-23(9-10-24(16)15-20(2,3)26)19(25)22-14-21(4)11-17-7-5-6-8-18(17)12-21/h5-8,16,26H,9-15H2,1-4H3,(H,22,25). The van der Waals surface area contributed by atoms with Crippen LogP contribution in [0, 0.1) is 5.41 Å². The average Bonchev–Trinajstić information content (AvgIpc) is 2.90. The highest BCUT2D eigenvalue weighted by Crippen LogP contribution is 2.36. The number of β-amino-alcohol motifs (C(OH)–C–C–N with tert-alkyl or cyclic N) is 1. The molecule has 2 aliphatic rings. The molecule has 2 amide bonds. The van der Waals surface area contributed by atoms with Crippen molar-refractivity contribution in [2.45, 2.75) is 52.2 Å². The number of hydrogen-bond acceptors (Lipinski definition) is 3. The van der Waals surface area contributed by atoms with Crippen LogP contribution in [-0.2, 0) is 12.8 Å². The van der Waals surface area contributed by atoms with Gasteiger partial charge in [0.05, 0.1) is 5.60 Å². The number of hydrogen-bond donors (Lipinski definition) is 2. The molecule has 1 saturated heterocycles. The van der Waals surface area contributed by atoms with Crippen LogP contribution in [0.2, 0.25) is 0 Å². The first kappa shape index (κ1) is 19.2. The minimum Gasteiger partial charge on any atom is -0.389 e. The molecule has 1 heterocycles. The summed E-state index contributed by atoms with van der Waals surface area (Å²) >= 11 is 0. The van der Waals surface area contributed by atoms with Gasteiger partial charge in [-0.2, -0.15) is 0 Å². The van der Waals surface area contributed by atoms with E-state index in [0.717, 1.165) is 19.4 Å². The van der Waals surface area contributed by atoms with Gasteiger partial charge in [0.1, 0.15) is 0 Å². The molecule has 5 heteroatoms. The summed E-state index contributed by atoms with van der Waals surface area (Å²) in [6.45, 7) is 11.6. The summed E-state index contributed by atoms with van der Waals surface area (Å²) in [5, 5.41) is 13.2. The van der Waals surface area contributed by atoms with Gasteiger partial charge < -0.3 is 15.3 Å². The molecule has 1 aliphatic heterocycles. The molecule has 0 saturated carbocycles. The number of urea groups is 1. The maximum Gasteiger partial charge on any atom is 0.317 e. The molecule has 3 rings (SSSR count). The first-order valence-corrected chi connectivity index (χ1v) is 9.71. The number of nitrogens with zero attached hydrogens (tertiary/aromatic N) is 2. The second-order valence-electron chi connectivity index (χ2n) is 9.17. The van der Waals surface area contributed by atoms with Gasteiger partial charge >= 0.3 is 6.03 Å². The lowest BCUT2D eigenvalue weighted by atomic mass is 9.87. The Kier molecular flexibility index (Phi) is 5.31. The lowest BCUT2D eigenvalue weighted by Gasteiger charge is -2.42. The third kappa shape index (κ3) is 4.57. The number of fused-ring (bicyclic) bond motifs is 1. The van der Waals surface area contributed by atoms with Crippen LogP contribution in [0.1, 0.15) is 38.8 Å². The van der Waals surface area contributed by atoms with Crippen molar-refractivity contribution in [1.82, 2.24) is 15.1 Å². The highest BCUT2D eigenvalue weighted by atomic mass is 16.3. The molecule has 1 atom stereocenters. The Morgan fingerprint density at radius 2 is 1.88 bits per heavy atom. The Labute approximate surface area is 157 Å². The molecular formula is C21H33N3O2. The molecule has 0 radical (unpaired) electrons. The Hall–Kier alpha value is -1.59. The number of piperazine rings is 1. The minimum absolute atomic E-state index is 0.0388. The molecule has 1 fully saturated rings. The van der Waals surface area contributed by atoms with Gasteiger partial charge in [-0.3, -0.25) is 4.90 Å². The van der Waals surface area contributed by atoms with E-state index < -0.39 is 5.60 Å². The second-order valence-corrected chi connectivity index (χ2v) is 9.17. The third-order valence-corrected chi connectivity index (χ3v) is 5.66. The van der Waals surface area contributed by atoms with Crippen molar-refractivity contribution < 1.29 is 9.90 Å². The predicted molar refractivity (Wildman–Crippen MR) is 104 cm³/mol. The van der Waals surface area contributed by atoms with E-state index in [2.05, 4.69) is 48.3 Å². The van der Waals surface area contributed by atoms with Crippen molar-refractivity contribution in [2.75, 3.05) is 32.7 Å². The Morgan fingerprint density at radius 1 is 1.27 bits per heavy atom. The molecule has 0 spiro atoms. The lowest BCUT2D eigenvalue weighted by molar-refractivity contribution is 0.00278. The maximum atomic E-state index is 12.7. The van der Waals surface area contributed by atoms with E-state index in [-0.39, 0.29) is 17.5 Å². The largest absolute Gasteiger partial charge is 0.389 e. The molecule has 0 aromatic heterocycles. The van der Waals surface area contributed by atoms with Gasteiger partial charge in [0, 0.05) is 38.8 Å². The fourth-order valence-electron chi connectivity index (χ4n) is 4.32. The summed E-state index contributed by atoms with van der Waals surface area (Å²) in [5.74, 6) is 0. The Bertz CT molecular complexity index is 628. The zero-order valence-corrected chi connectivity index (χ0v) is 16.6. The number of carbonyl (C=O) groups excluding carboxylic acids is 1. The summed E-state index contributed by atoms with van der Waals surface area (Å²) in [4.78, 5) is 16.8. The Balaban J connectivity index is 1.49. The minimum atomic E-state index is -0.704. The van der Waals surface area contributed by atoms with Crippen LogP contribution in [0.3, 0.4) is 0 Å². The van der Waals surface area contributed by atoms with E-state index in [0.29, 0.717) is 26.2 Å². The molecule has 1 aliphatic carbocycles. The molecule has 5 nitrogen and oxygen atoms in total.